The Kier molecular flexibility index (Phi) is 5.09. The third-order valence-corrected chi connectivity index (χ3v) is 7.43. The van der Waals surface area contributed by atoms with E-state index < -0.39 is 10.0 Å². The molecule has 31 heavy (non-hydrogen) atoms. The number of anilines is 1. The number of benzene rings is 2. The lowest BCUT2D eigenvalue weighted by molar-refractivity contribution is 0.383. The van der Waals surface area contributed by atoms with E-state index in [0.29, 0.717) is 26.2 Å². The molecule has 0 atom stereocenters. The standard InChI is InChI=1S/C23H21N5O2S/c29-31(30,19-7-4-12-24-17-19)28-15-13-27(14-16-28)23-11-10-22(25-26-23)21-9-3-6-18-5-1-2-8-20(18)21/h1-12,17H,13-16H2. The number of hydrogen-bond acceptors (Lipinski definition) is 6. The van der Waals surface area contributed by atoms with Crippen LogP contribution in [0.15, 0.2) is 84.0 Å². The Labute approximate surface area is 181 Å². The minimum absolute atomic E-state index is 0.225. The Hall–Kier alpha value is -3.36. The predicted molar refractivity (Wildman–Crippen MR) is 120 cm³/mol. The first-order valence-corrected chi connectivity index (χ1v) is 11.5. The van der Waals surface area contributed by atoms with Gasteiger partial charge in [-0.15, -0.1) is 10.2 Å². The molecule has 4 aromatic rings. The van der Waals surface area contributed by atoms with Gasteiger partial charge in [0.05, 0.1) is 5.69 Å². The van der Waals surface area contributed by atoms with Crippen LogP contribution < -0.4 is 4.90 Å². The summed E-state index contributed by atoms with van der Waals surface area (Å²) in [6.45, 7) is 1.90. The molecule has 0 spiro atoms. The molecular formula is C23H21N5O2S. The summed E-state index contributed by atoms with van der Waals surface area (Å²) in [4.78, 5) is 6.22. The van der Waals surface area contributed by atoms with E-state index in [-0.39, 0.29) is 4.90 Å². The van der Waals surface area contributed by atoms with E-state index in [4.69, 9.17) is 0 Å². The van der Waals surface area contributed by atoms with Gasteiger partial charge in [-0.3, -0.25) is 4.98 Å². The summed E-state index contributed by atoms with van der Waals surface area (Å²) >= 11 is 0. The van der Waals surface area contributed by atoms with Gasteiger partial charge >= 0.3 is 0 Å². The highest BCUT2D eigenvalue weighted by Crippen LogP contribution is 2.28. The van der Waals surface area contributed by atoms with Crippen molar-refractivity contribution < 1.29 is 8.42 Å². The van der Waals surface area contributed by atoms with Crippen molar-refractivity contribution in [3.63, 3.8) is 0 Å². The van der Waals surface area contributed by atoms with Gasteiger partial charge in [-0.25, -0.2) is 8.42 Å². The van der Waals surface area contributed by atoms with E-state index >= 15 is 0 Å². The average Bonchev–Trinajstić information content (AvgIpc) is 2.84. The second kappa shape index (κ2) is 8.05. The summed E-state index contributed by atoms with van der Waals surface area (Å²) in [6.07, 6.45) is 2.96. The number of nitrogens with zero attached hydrogens (tertiary/aromatic N) is 5. The summed E-state index contributed by atoms with van der Waals surface area (Å²) in [6, 6.07) is 21.5. The van der Waals surface area contributed by atoms with E-state index in [1.807, 2.05) is 36.4 Å². The zero-order valence-electron chi connectivity index (χ0n) is 16.8. The van der Waals surface area contributed by atoms with Crippen LogP contribution in [-0.2, 0) is 10.0 Å². The molecule has 0 unspecified atom stereocenters. The topological polar surface area (TPSA) is 79.3 Å². The Balaban J connectivity index is 1.32. The van der Waals surface area contributed by atoms with Gasteiger partial charge in [0.25, 0.3) is 0 Å². The number of fused-ring (bicyclic) bond motifs is 1. The van der Waals surface area contributed by atoms with Crippen molar-refractivity contribution in [3.8, 4) is 11.3 Å². The molecule has 5 rings (SSSR count). The highest BCUT2D eigenvalue weighted by atomic mass is 32.2. The minimum atomic E-state index is -3.52. The zero-order valence-corrected chi connectivity index (χ0v) is 17.6. The molecule has 1 aliphatic rings. The fraction of sp³-hybridized carbons (Fsp3) is 0.174. The molecule has 2 aromatic heterocycles. The van der Waals surface area contributed by atoms with Crippen LogP contribution in [-0.4, -0.2) is 54.1 Å². The highest BCUT2D eigenvalue weighted by Gasteiger charge is 2.29. The van der Waals surface area contributed by atoms with Crippen LogP contribution >= 0.6 is 0 Å². The van der Waals surface area contributed by atoms with Crippen LogP contribution in [0.5, 0.6) is 0 Å². The van der Waals surface area contributed by atoms with Gasteiger partial charge in [0.1, 0.15) is 4.90 Å². The molecule has 1 aliphatic heterocycles. The number of aromatic nitrogens is 3. The molecule has 156 valence electrons. The smallest absolute Gasteiger partial charge is 0.244 e. The molecule has 7 nitrogen and oxygen atoms in total. The maximum atomic E-state index is 12.8. The number of hydrogen-bond donors (Lipinski definition) is 0. The average molecular weight is 432 g/mol. The van der Waals surface area contributed by atoms with Crippen molar-refractivity contribution in [2.75, 3.05) is 31.1 Å². The van der Waals surface area contributed by atoms with Gasteiger partial charge in [-0.1, -0.05) is 42.5 Å². The van der Waals surface area contributed by atoms with Gasteiger partial charge in [0.15, 0.2) is 5.82 Å². The van der Waals surface area contributed by atoms with Crippen LogP contribution in [0.2, 0.25) is 0 Å². The number of sulfonamides is 1. The summed E-state index contributed by atoms with van der Waals surface area (Å²) in [5.74, 6) is 0.752. The van der Waals surface area contributed by atoms with E-state index in [2.05, 4.69) is 38.3 Å². The molecule has 0 aliphatic carbocycles. The van der Waals surface area contributed by atoms with Crippen molar-refractivity contribution in [1.82, 2.24) is 19.5 Å². The molecule has 1 fully saturated rings. The van der Waals surface area contributed by atoms with Crippen molar-refractivity contribution in [1.29, 1.82) is 0 Å². The maximum Gasteiger partial charge on any atom is 0.244 e. The van der Waals surface area contributed by atoms with Gasteiger partial charge in [0.2, 0.25) is 10.0 Å². The highest BCUT2D eigenvalue weighted by molar-refractivity contribution is 7.89. The molecule has 3 heterocycles. The zero-order chi connectivity index (χ0) is 21.3. The molecule has 0 saturated carbocycles. The van der Waals surface area contributed by atoms with Gasteiger partial charge in [0, 0.05) is 44.1 Å². The van der Waals surface area contributed by atoms with Crippen molar-refractivity contribution in [2.45, 2.75) is 4.90 Å². The first kappa shape index (κ1) is 19.6. The molecule has 0 radical (unpaired) electrons. The fourth-order valence-corrected chi connectivity index (χ4v) is 5.28. The monoisotopic (exact) mass is 431 g/mol. The van der Waals surface area contributed by atoms with E-state index in [0.717, 1.165) is 27.8 Å². The molecular weight excluding hydrogens is 410 g/mol. The first-order valence-electron chi connectivity index (χ1n) is 10.1. The lowest BCUT2D eigenvalue weighted by Crippen LogP contribution is -2.49. The lowest BCUT2D eigenvalue weighted by atomic mass is 10.0. The van der Waals surface area contributed by atoms with Crippen molar-refractivity contribution >= 4 is 26.6 Å². The van der Waals surface area contributed by atoms with Gasteiger partial charge in [-0.05, 0) is 35.0 Å². The Morgan fingerprint density at radius 2 is 1.58 bits per heavy atom. The quantitative estimate of drug-likeness (QED) is 0.494. The maximum absolute atomic E-state index is 12.8. The fourth-order valence-electron chi connectivity index (χ4n) is 3.89. The second-order valence-electron chi connectivity index (χ2n) is 7.38. The molecule has 0 N–H and O–H groups in total. The molecule has 8 heteroatoms. The Bertz CT molecular complexity index is 1300. The third kappa shape index (κ3) is 3.75. The summed E-state index contributed by atoms with van der Waals surface area (Å²) in [7, 11) is -3.52. The molecule has 0 amide bonds. The van der Waals surface area contributed by atoms with Crippen LogP contribution in [0, 0.1) is 0 Å². The molecule has 2 aromatic carbocycles. The van der Waals surface area contributed by atoms with E-state index in [9.17, 15) is 8.42 Å². The number of rotatable bonds is 4. The van der Waals surface area contributed by atoms with Gasteiger partial charge < -0.3 is 4.90 Å². The summed E-state index contributed by atoms with van der Waals surface area (Å²) in [5, 5.41) is 11.2. The Morgan fingerprint density at radius 3 is 2.32 bits per heavy atom. The van der Waals surface area contributed by atoms with E-state index in [1.54, 1.807) is 18.3 Å². The lowest BCUT2D eigenvalue weighted by Gasteiger charge is -2.34. The SMILES string of the molecule is O=S(=O)(c1cccnc1)N1CCN(c2ccc(-c3cccc4ccccc34)nn2)CC1. The van der Waals surface area contributed by atoms with Crippen LogP contribution in [0.4, 0.5) is 5.82 Å². The van der Waals surface area contributed by atoms with Crippen molar-refractivity contribution in [3.05, 3.63) is 79.1 Å². The van der Waals surface area contributed by atoms with Crippen LogP contribution in [0.1, 0.15) is 0 Å². The largest absolute Gasteiger partial charge is 0.352 e. The normalized spacial score (nSPS) is 15.3. The summed E-state index contributed by atoms with van der Waals surface area (Å²) in [5.41, 5.74) is 1.86. The number of pyridine rings is 1. The van der Waals surface area contributed by atoms with Crippen LogP contribution in [0.3, 0.4) is 0 Å². The predicted octanol–water partition coefficient (Wildman–Crippen LogP) is 3.20. The van der Waals surface area contributed by atoms with E-state index in [1.165, 1.54) is 10.5 Å². The Morgan fingerprint density at radius 1 is 0.774 bits per heavy atom. The first-order chi connectivity index (χ1) is 15.1. The van der Waals surface area contributed by atoms with Crippen molar-refractivity contribution in [2.24, 2.45) is 0 Å². The number of piperazine rings is 1. The third-order valence-electron chi connectivity index (χ3n) is 5.55. The van der Waals surface area contributed by atoms with Crippen LogP contribution in [0.25, 0.3) is 22.0 Å². The summed E-state index contributed by atoms with van der Waals surface area (Å²) < 4.78 is 27.1. The van der Waals surface area contributed by atoms with Gasteiger partial charge in [-0.2, -0.15) is 4.31 Å². The molecule has 0 bridgehead atoms. The minimum Gasteiger partial charge on any atom is -0.352 e. The molecule has 1 saturated heterocycles. The second-order valence-corrected chi connectivity index (χ2v) is 9.32.